The van der Waals surface area contributed by atoms with Crippen LogP contribution < -0.4 is 5.32 Å². The Hall–Kier alpha value is -2.43. The van der Waals surface area contributed by atoms with E-state index in [-0.39, 0.29) is 24.0 Å². The van der Waals surface area contributed by atoms with Crippen LogP contribution in [-0.4, -0.2) is 45.1 Å². The van der Waals surface area contributed by atoms with Gasteiger partial charge in [0.05, 0.1) is 25.0 Å². The van der Waals surface area contributed by atoms with Crippen molar-refractivity contribution in [1.29, 1.82) is 0 Å². The van der Waals surface area contributed by atoms with Crippen LogP contribution in [0.25, 0.3) is 11.3 Å². The lowest BCUT2D eigenvalue weighted by Gasteiger charge is -2.20. The van der Waals surface area contributed by atoms with Crippen LogP contribution in [-0.2, 0) is 13.1 Å². The first-order valence-electron chi connectivity index (χ1n) is 7.96. The number of rotatable bonds is 5. The SMILES string of the molecule is CN=C(NCc1nc(C)no1)N(C)Cc1ncc(-c2ccccc2)[nH]1.I. The Morgan fingerprint density at radius 3 is 2.73 bits per heavy atom. The Labute approximate surface area is 169 Å². The van der Waals surface area contributed by atoms with Crippen molar-refractivity contribution >= 4 is 29.9 Å². The number of H-pyrrole nitrogens is 1. The predicted molar refractivity (Wildman–Crippen MR) is 110 cm³/mol. The summed E-state index contributed by atoms with van der Waals surface area (Å²) in [5, 5.41) is 6.97. The zero-order valence-electron chi connectivity index (χ0n) is 14.9. The van der Waals surface area contributed by atoms with Gasteiger partial charge in [-0.25, -0.2) is 4.98 Å². The zero-order valence-corrected chi connectivity index (χ0v) is 17.3. The molecule has 0 saturated heterocycles. The number of guanidine groups is 1. The van der Waals surface area contributed by atoms with E-state index in [9.17, 15) is 0 Å². The number of halogens is 1. The number of imidazole rings is 1. The molecule has 3 aromatic rings. The largest absolute Gasteiger partial charge is 0.347 e. The lowest BCUT2D eigenvalue weighted by Crippen LogP contribution is -2.38. The topological polar surface area (TPSA) is 95.2 Å². The van der Waals surface area contributed by atoms with Gasteiger partial charge < -0.3 is 19.7 Å². The number of hydrogen-bond donors (Lipinski definition) is 2. The summed E-state index contributed by atoms with van der Waals surface area (Å²) in [4.78, 5) is 18.2. The number of aromatic amines is 1. The second-order valence-electron chi connectivity index (χ2n) is 5.60. The van der Waals surface area contributed by atoms with Crippen LogP contribution in [0.1, 0.15) is 17.5 Å². The fourth-order valence-electron chi connectivity index (χ4n) is 2.46. The molecule has 0 atom stereocenters. The number of nitrogens with zero attached hydrogens (tertiary/aromatic N) is 5. The molecule has 2 N–H and O–H groups in total. The zero-order chi connectivity index (χ0) is 17.6. The summed E-state index contributed by atoms with van der Waals surface area (Å²) in [7, 11) is 3.68. The first-order valence-corrected chi connectivity index (χ1v) is 7.96. The van der Waals surface area contributed by atoms with Gasteiger partial charge in [-0.15, -0.1) is 24.0 Å². The van der Waals surface area contributed by atoms with Crippen molar-refractivity contribution in [3.8, 4) is 11.3 Å². The average molecular weight is 467 g/mol. The standard InChI is InChI=1S/C17H21N7O.HI/c1-12-21-16(25-23-12)10-20-17(18-2)24(3)11-15-19-9-14(22-15)13-7-5-4-6-8-13;/h4-9H,10-11H2,1-3H3,(H,18,20)(H,19,22);1H. The highest BCUT2D eigenvalue weighted by Crippen LogP contribution is 2.16. The van der Waals surface area contributed by atoms with E-state index in [0.29, 0.717) is 30.8 Å². The highest BCUT2D eigenvalue weighted by Gasteiger charge is 2.11. The smallest absolute Gasteiger partial charge is 0.246 e. The van der Waals surface area contributed by atoms with Crippen LogP contribution in [0.3, 0.4) is 0 Å². The summed E-state index contributed by atoms with van der Waals surface area (Å²) in [5.41, 5.74) is 2.10. The summed E-state index contributed by atoms with van der Waals surface area (Å²) in [5.74, 6) is 2.71. The fourth-order valence-corrected chi connectivity index (χ4v) is 2.46. The number of aromatic nitrogens is 4. The first-order chi connectivity index (χ1) is 12.2. The van der Waals surface area contributed by atoms with Gasteiger partial charge in [-0.1, -0.05) is 35.5 Å². The highest BCUT2D eigenvalue weighted by molar-refractivity contribution is 14.0. The van der Waals surface area contributed by atoms with Crippen molar-refractivity contribution in [2.45, 2.75) is 20.0 Å². The molecular formula is C17H22IN7O. The summed E-state index contributed by atoms with van der Waals surface area (Å²) >= 11 is 0. The molecule has 0 bridgehead atoms. The molecule has 2 heterocycles. The van der Waals surface area contributed by atoms with Gasteiger partial charge in [0.2, 0.25) is 5.89 Å². The van der Waals surface area contributed by atoms with Crippen molar-refractivity contribution in [1.82, 2.24) is 30.3 Å². The second-order valence-corrected chi connectivity index (χ2v) is 5.60. The van der Waals surface area contributed by atoms with Crippen LogP contribution in [0.5, 0.6) is 0 Å². The van der Waals surface area contributed by atoms with Gasteiger partial charge in [0.1, 0.15) is 5.82 Å². The molecule has 9 heteroatoms. The van der Waals surface area contributed by atoms with E-state index in [2.05, 4.69) is 30.4 Å². The van der Waals surface area contributed by atoms with E-state index >= 15 is 0 Å². The van der Waals surface area contributed by atoms with Crippen molar-refractivity contribution in [3.63, 3.8) is 0 Å². The molecule has 138 valence electrons. The molecule has 0 amide bonds. The Morgan fingerprint density at radius 1 is 1.31 bits per heavy atom. The minimum atomic E-state index is 0. The molecule has 2 aromatic heterocycles. The Kier molecular flexibility index (Phi) is 7.13. The van der Waals surface area contributed by atoms with E-state index < -0.39 is 0 Å². The summed E-state index contributed by atoms with van der Waals surface area (Å²) < 4.78 is 5.09. The third-order valence-corrected chi connectivity index (χ3v) is 3.64. The maximum Gasteiger partial charge on any atom is 0.246 e. The van der Waals surface area contributed by atoms with Gasteiger partial charge in [-0.05, 0) is 12.5 Å². The van der Waals surface area contributed by atoms with Crippen LogP contribution in [0.4, 0.5) is 0 Å². The van der Waals surface area contributed by atoms with Crippen molar-refractivity contribution in [2.24, 2.45) is 4.99 Å². The lowest BCUT2D eigenvalue weighted by atomic mass is 10.2. The van der Waals surface area contributed by atoms with Crippen molar-refractivity contribution in [2.75, 3.05) is 14.1 Å². The summed E-state index contributed by atoms with van der Waals surface area (Å²) in [6.45, 7) is 2.80. The quantitative estimate of drug-likeness (QED) is 0.340. The van der Waals surface area contributed by atoms with Crippen LogP contribution in [0.2, 0.25) is 0 Å². The number of aryl methyl sites for hydroxylation is 1. The van der Waals surface area contributed by atoms with Crippen molar-refractivity contribution < 1.29 is 4.52 Å². The molecule has 8 nitrogen and oxygen atoms in total. The van der Waals surface area contributed by atoms with Crippen LogP contribution >= 0.6 is 24.0 Å². The monoisotopic (exact) mass is 467 g/mol. The maximum absolute atomic E-state index is 5.09. The highest BCUT2D eigenvalue weighted by atomic mass is 127. The lowest BCUT2D eigenvalue weighted by molar-refractivity contribution is 0.367. The van der Waals surface area contributed by atoms with Gasteiger partial charge in [-0.2, -0.15) is 4.98 Å². The minimum Gasteiger partial charge on any atom is -0.347 e. The Balaban J connectivity index is 0.00000243. The van der Waals surface area contributed by atoms with E-state index in [4.69, 9.17) is 4.52 Å². The molecule has 0 spiro atoms. The molecular weight excluding hydrogens is 445 g/mol. The number of hydrogen-bond acceptors (Lipinski definition) is 5. The normalized spacial score (nSPS) is 11.1. The maximum atomic E-state index is 5.09. The van der Waals surface area contributed by atoms with Gasteiger partial charge in [0.15, 0.2) is 11.8 Å². The van der Waals surface area contributed by atoms with E-state index in [1.807, 2.05) is 48.5 Å². The molecule has 26 heavy (non-hydrogen) atoms. The molecule has 1 aromatic carbocycles. The predicted octanol–water partition coefficient (Wildman–Crippen LogP) is 2.59. The van der Waals surface area contributed by atoms with Gasteiger partial charge in [-0.3, -0.25) is 4.99 Å². The van der Waals surface area contributed by atoms with E-state index in [0.717, 1.165) is 17.1 Å². The van der Waals surface area contributed by atoms with Gasteiger partial charge >= 0.3 is 0 Å². The molecule has 0 aliphatic heterocycles. The Bertz CT molecular complexity index is 844. The number of aliphatic imine (C=N–C) groups is 1. The van der Waals surface area contributed by atoms with Crippen LogP contribution in [0.15, 0.2) is 46.0 Å². The third kappa shape index (κ3) is 5.04. The minimum absolute atomic E-state index is 0. The average Bonchev–Trinajstić information content (AvgIpc) is 3.25. The first kappa shape index (κ1) is 19.9. The molecule has 0 fully saturated rings. The molecule has 0 radical (unpaired) electrons. The van der Waals surface area contributed by atoms with Gasteiger partial charge in [0, 0.05) is 14.1 Å². The fraction of sp³-hybridized carbons (Fsp3) is 0.294. The van der Waals surface area contributed by atoms with Gasteiger partial charge in [0.25, 0.3) is 0 Å². The molecule has 0 aliphatic rings. The second kappa shape index (κ2) is 9.32. The molecule has 0 saturated carbocycles. The van der Waals surface area contributed by atoms with E-state index in [1.165, 1.54) is 0 Å². The summed E-state index contributed by atoms with van der Waals surface area (Å²) in [6, 6.07) is 10.1. The Morgan fingerprint density at radius 2 is 2.08 bits per heavy atom. The molecule has 0 aliphatic carbocycles. The number of benzene rings is 1. The summed E-state index contributed by atoms with van der Waals surface area (Å²) in [6.07, 6.45) is 1.84. The number of nitrogens with one attached hydrogen (secondary N) is 2. The molecule has 0 unspecified atom stereocenters. The third-order valence-electron chi connectivity index (χ3n) is 3.64. The van der Waals surface area contributed by atoms with Crippen LogP contribution in [0, 0.1) is 6.92 Å². The van der Waals surface area contributed by atoms with E-state index in [1.54, 1.807) is 14.0 Å². The molecule has 3 rings (SSSR count). The van der Waals surface area contributed by atoms with Crippen molar-refractivity contribution in [3.05, 3.63) is 54.1 Å².